The molecule has 8 nitrogen and oxygen atoms in total. The number of nitrogens with one attached hydrogen (secondary N) is 3. The Hall–Kier alpha value is -3.51. The molecule has 0 bridgehead atoms. The Morgan fingerprint density at radius 3 is 1.94 bits per heavy atom. The fourth-order valence-corrected chi connectivity index (χ4v) is 2.78. The molecule has 5 N–H and O–H groups in total. The first-order chi connectivity index (χ1) is 15.7. The molecule has 0 aliphatic carbocycles. The molecule has 0 heterocycles. The molecule has 0 radical (unpaired) electrons. The van der Waals surface area contributed by atoms with E-state index in [0.717, 1.165) is 5.56 Å². The van der Waals surface area contributed by atoms with Crippen LogP contribution in [0.1, 0.15) is 42.3 Å². The Kier molecular flexibility index (Phi) is 9.76. The van der Waals surface area contributed by atoms with Gasteiger partial charge in [0.1, 0.15) is 12.6 Å². The van der Waals surface area contributed by atoms with Crippen molar-refractivity contribution in [2.45, 2.75) is 39.0 Å². The molecule has 2 aromatic rings. The minimum Gasteiger partial charge on any atom is -0.391 e. The highest BCUT2D eigenvalue weighted by Crippen LogP contribution is 2.10. The van der Waals surface area contributed by atoms with Crippen LogP contribution in [0.25, 0.3) is 0 Å². The molecule has 0 saturated heterocycles. The number of carbonyl (C=O) groups excluding carboxylic acids is 3. The third-order valence-electron chi connectivity index (χ3n) is 4.61. The number of rotatable bonds is 9. The molecule has 2 amide bonds. The Balaban J connectivity index is 1.97. The standard InChI is InChI=1S/C25H29N3O5/c1-16(2)26-14-23(32)27-21-12-8-19(9-13-21)5-4-18-6-10-20(11-7-18)25(33)28-24(17(3)30)22(31)15-29/h6-13,16-17,24,26,29-30H,14-15H2,1-3H3,(H,27,32)(H,28,33)/t17-,24+/m1/s1. The second-order valence-corrected chi connectivity index (χ2v) is 7.80. The molecule has 2 atom stereocenters. The number of aliphatic hydroxyl groups is 2. The van der Waals surface area contributed by atoms with Gasteiger partial charge in [-0.05, 0) is 55.5 Å². The van der Waals surface area contributed by atoms with Crippen molar-refractivity contribution in [3.05, 3.63) is 65.2 Å². The van der Waals surface area contributed by atoms with E-state index in [4.69, 9.17) is 5.11 Å². The summed E-state index contributed by atoms with van der Waals surface area (Å²) in [4.78, 5) is 35.8. The van der Waals surface area contributed by atoms with Crippen molar-refractivity contribution in [2.75, 3.05) is 18.5 Å². The molecule has 0 spiro atoms. The van der Waals surface area contributed by atoms with Gasteiger partial charge >= 0.3 is 0 Å². The lowest BCUT2D eigenvalue weighted by molar-refractivity contribution is -0.125. The summed E-state index contributed by atoms with van der Waals surface area (Å²) >= 11 is 0. The predicted octanol–water partition coefficient (Wildman–Crippen LogP) is 1.06. The Morgan fingerprint density at radius 1 is 0.909 bits per heavy atom. The van der Waals surface area contributed by atoms with Crippen LogP contribution in [0.4, 0.5) is 5.69 Å². The van der Waals surface area contributed by atoms with Gasteiger partial charge in [-0.3, -0.25) is 14.4 Å². The van der Waals surface area contributed by atoms with E-state index < -0.39 is 30.4 Å². The maximum atomic E-state index is 12.3. The molecule has 2 aromatic carbocycles. The van der Waals surface area contributed by atoms with Crippen LogP contribution in [-0.4, -0.2) is 59.1 Å². The minimum atomic E-state index is -1.18. The molecule has 0 unspecified atom stereocenters. The molecular weight excluding hydrogens is 422 g/mol. The first-order valence-corrected chi connectivity index (χ1v) is 10.6. The fraction of sp³-hybridized carbons (Fsp3) is 0.320. The lowest BCUT2D eigenvalue weighted by Gasteiger charge is -2.19. The van der Waals surface area contributed by atoms with E-state index in [9.17, 15) is 19.5 Å². The van der Waals surface area contributed by atoms with E-state index in [1.807, 2.05) is 13.8 Å². The van der Waals surface area contributed by atoms with Gasteiger partial charge in [-0.15, -0.1) is 0 Å². The summed E-state index contributed by atoms with van der Waals surface area (Å²) in [6.45, 7) is 4.77. The number of benzene rings is 2. The zero-order valence-corrected chi connectivity index (χ0v) is 18.9. The van der Waals surface area contributed by atoms with Crippen LogP contribution >= 0.6 is 0 Å². The number of hydrogen-bond acceptors (Lipinski definition) is 6. The van der Waals surface area contributed by atoms with Crippen molar-refractivity contribution in [1.82, 2.24) is 10.6 Å². The van der Waals surface area contributed by atoms with Crippen LogP contribution < -0.4 is 16.0 Å². The van der Waals surface area contributed by atoms with Crippen LogP contribution in [0.5, 0.6) is 0 Å². The summed E-state index contributed by atoms with van der Waals surface area (Å²) in [5.41, 5.74) is 2.42. The van der Waals surface area contributed by atoms with Gasteiger partial charge in [-0.1, -0.05) is 25.7 Å². The largest absolute Gasteiger partial charge is 0.391 e. The molecular formula is C25H29N3O5. The number of Topliss-reactive ketones (excluding diaryl/α,β-unsaturated/α-hetero) is 1. The van der Waals surface area contributed by atoms with E-state index in [2.05, 4.69) is 27.8 Å². The molecule has 174 valence electrons. The van der Waals surface area contributed by atoms with Gasteiger partial charge in [0.2, 0.25) is 5.91 Å². The number of hydrogen-bond donors (Lipinski definition) is 5. The highest BCUT2D eigenvalue weighted by Gasteiger charge is 2.25. The van der Waals surface area contributed by atoms with E-state index in [0.29, 0.717) is 16.8 Å². The Labute approximate surface area is 193 Å². The van der Waals surface area contributed by atoms with E-state index >= 15 is 0 Å². The highest BCUT2D eigenvalue weighted by molar-refractivity contribution is 5.98. The second kappa shape index (κ2) is 12.5. The lowest BCUT2D eigenvalue weighted by atomic mass is 10.1. The third kappa shape index (κ3) is 8.50. The SMILES string of the molecule is CC(C)NCC(=O)Nc1ccc(C#Cc2ccc(C(=O)N[C@H](C(=O)CO)[C@@H](C)O)cc2)cc1. The molecule has 8 heteroatoms. The van der Waals surface area contributed by atoms with Gasteiger partial charge in [0, 0.05) is 28.4 Å². The third-order valence-corrected chi connectivity index (χ3v) is 4.61. The highest BCUT2D eigenvalue weighted by atomic mass is 16.3. The summed E-state index contributed by atoms with van der Waals surface area (Å²) in [5.74, 6) is 4.69. The number of ketones is 1. The topological polar surface area (TPSA) is 128 Å². The number of anilines is 1. The second-order valence-electron chi connectivity index (χ2n) is 7.80. The molecule has 0 aliphatic rings. The minimum absolute atomic E-state index is 0.118. The Morgan fingerprint density at radius 2 is 1.45 bits per heavy atom. The molecule has 0 aromatic heterocycles. The maximum absolute atomic E-state index is 12.3. The smallest absolute Gasteiger partial charge is 0.251 e. The van der Waals surface area contributed by atoms with Crippen molar-refractivity contribution >= 4 is 23.3 Å². The van der Waals surface area contributed by atoms with Crippen LogP contribution in [0, 0.1) is 11.8 Å². The first-order valence-electron chi connectivity index (χ1n) is 10.6. The normalized spacial score (nSPS) is 12.3. The van der Waals surface area contributed by atoms with Crippen molar-refractivity contribution in [2.24, 2.45) is 0 Å². The van der Waals surface area contributed by atoms with E-state index in [1.54, 1.807) is 48.5 Å². The van der Waals surface area contributed by atoms with Crippen LogP contribution in [0.2, 0.25) is 0 Å². The van der Waals surface area contributed by atoms with Crippen molar-refractivity contribution in [3.63, 3.8) is 0 Å². The van der Waals surface area contributed by atoms with E-state index in [-0.39, 0.29) is 18.5 Å². The molecule has 0 fully saturated rings. The van der Waals surface area contributed by atoms with Crippen LogP contribution in [-0.2, 0) is 9.59 Å². The van der Waals surface area contributed by atoms with Gasteiger partial charge in [0.25, 0.3) is 5.91 Å². The van der Waals surface area contributed by atoms with E-state index in [1.165, 1.54) is 6.92 Å². The van der Waals surface area contributed by atoms with Crippen molar-refractivity contribution < 1.29 is 24.6 Å². The van der Waals surface area contributed by atoms with Crippen LogP contribution in [0.3, 0.4) is 0 Å². The number of aliphatic hydroxyl groups excluding tert-OH is 2. The molecule has 0 aliphatic heterocycles. The number of carbonyl (C=O) groups is 3. The summed E-state index contributed by atoms with van der Waals surface area (Å²) in [6.07, 6.45) is -1.13. The molecule has 2 rings (SSSR count). The van der Waals surface area contributed by atoms with Gasteiger partial charge in [0.15, 0.2) is 5.78 Å². The zero-order chi connectivity index (χ0) is 24.4. The predicted molar refractivity (Wildman–Crippen MR) is 126 cm³/mol. The lowest BCUT2D eigenvalue weighted by Crippen LogP contribution is -2.48. The average molecular weight is 452 g/mol. The average Bonchev–Trinajstić information content (AvgIpc) is 2.80. The monoisotopic (exact) mass is 451 g/mol. The first kappa shape index (κ1) is 25.7. The van der Waals surface area contributed by atoms with Gasteiger partial charge in [-0.25, -0.2) is 0 Å². The van der Waals surface area contributed by atoms with Crippen LogP contribution in [0.15, 0.2) is 48.5 Å². The summed E-state index contributed by atoms with van der Waals surface area (Å²) < 4.78 is 0. The summed E-state index contributed by atoms with van der Waals surface area (Å²) in [6, 6.07) is 12.7. The summed E-state index contributed by atoms with van der Waals surface area (Å²) in [7, 11) is 0. The fourth-order valence-electron chi connectivity index (χ4n) is 2.78. The molecule has 0 saturated carbocycles. The van der Waals surface area contributed by atoms with Gasteiger partial charge in [-0.2, -0.15) is 0 Å². The molecule has 33 heavy (non-hydrogen) atoms. The maximum Gasteiger partial charge on any atom is 0.251 e. The van der Waals surface area contributed by atoms with Gasteiger partial charge in [0.05, 0.1) is 12.6 Å². The Bertz CT molecular complexity index is 1020. The quantitative estimate of drug-likeness (QED) is 0.363. The van der Waals surface area contributed by atoms with Crippen molar-refractivity contribution in [3.8, 4) is 11.8 Å². The van der Waals surface area contributed by atoms with Crippen molar-refractivity contribution in [1.29, 1.82) is 0 Å². The number of amides is 2. The van der Waals surface area contributed by atoms with Gasteiger partial charge < -0.3 is 26.2 Å². The summed E-state index contributed by atoms with van der Waals surface area (Å²) in [5, 5.41) is 26.9. The zero-order valence-electron chi connectivity index (χ0n) is 18.9.